The van der Waals surface area contributed by atoms with Crippen LogP contribution in [0.4, 0.5) is 8.78 Å². The lowest BCUT2D eigenvalue weighted by atomic mass is 9.86. The van der Waals surface area contributed by atoms with E-state index < -0.39 is 11.7 Å². The van der Waals surface area contributed by atoms with Crippen LogP contribution in [0.1, 0.15) is 56.0 Å². The Labute approximate surface area is 168 Å². The Morgan fingerprint density at radius 2 is 1.86 bits per heavy atom. The fourth-order valence-corrected chi connectivity index (χ4v) is 3.97. The third-order valence-electron chi connectivity index (χ3n) is 5.00. The molecule has 1 heterocycles. The second kappa shape index (κ2) is 10.7. The minimum atomic E-state index is -2.58. The van der Waals surface area contributed by atoms with E-state index in [0.29, 0.717) is 35.5 Å². The lowest BCUT2D eigenvalue weighted by molar-refractivity contribution is -0.148. The third kappa shape index (κ3) is 7.00. The van der Waals surface area contributed by atoms with Crippen molar-refractivity contribution < 1.29 is 23.1 Å². The maximum absolute atomic E-state index is 12.4. The summed E-state index contributed by atoms with van der Waals surface area (Å²) in [6.45, 7) is 5.22. The van der Waals surface area contributed by atoms with Gasteiger partial charge in [-0.2, -0.15) is 8.78 Å². The summed E-state index contributed by atoms with van der Waals surface area (Å²) < 4.78 is 30.0. The first-order valence-corrected chi connectivity index (χ1v) is 10.4. The summed E-state index contributed by atoms with van der Waals surface area (Å²) in [5, 5.41) is 2.96. The highest BCUT2D eigenvalue weighted by molar-refractivity contribution is 7.99. The highest BCUT2D eigenvalue weighted by atomic mass is 32.2. The number of hydrogen-bond donors (Lipinski definition) is 1. The Hall–Kier alpha value is -1.77. The van der Waals surface area contributed by atoms with E-state index in [1.807, 2.05) is 0 Å². The van der Waals surface area contributed by atoms with Crippen molar-refractivity contribution in [3.05, 3.63) is 17.0 Å². The van der Waals surface area contributed by atoms with Gasteiger partial charge in [-0.1, -0.05) is 19.8 Å². The second-order valence-corrected chi connectivity index (χ2v) is 8.09. The van der Waals surface area contributed by atoms with Crippen molar-refractivity contribution in [2.75, 3.05) is 6.61 Å². The lowest BCUT2D eigenvalue weighted by Crippen LogP contribution is -2.42. The number of aromatic nitrogens is 2. The predicted octanol–water partition coefficient (Wildman–Crippen LogP) is 3.58. The van der Waals surface area contributed by atoms with Crippen molar-refractivity contribution in [1.82, 2.24) is 15.3 Å². The number of amides is 1. The molecule has 0 spiro atoms. The number of aryl methyl sites for hydroxylation is 2. The minimum absolute atomic E-state index is 0.0185. The molecule has 0 aromatic carbocycles. The van der Waals surface area contributed by atoms with Gasteiger partial charge in [-0.3, -0.25) is 9.59 Å². The summed E-state index contributed by atoms with van der Waals surface area (Å²) in [5.74, 6) is -2.92. The molecule has 28 heavy (non-hydrogen) atoms. The fourth-order valence-electron chi connectivity index (χ4n) is 3.43. The predicted molar refractivity (Wildman–Crippen MR) is 102 cm³/mol. The molecule has 2 atom stereocenters. The molecule has 0 radical (unpaired) electrons. The third-order valence-corrected chi connectivity index (χ3v) is 5.57. The Morgan fingerprint density at radius 1 is 1.21 bits per heavy atom. The van der Waals surface area contributed by atoms with Gasteiger partial charge in [0, 0.05) is 23.9 Å². The van der Waals surface area contributed by atoms with E-state index in [1.165, 1.54) is 6.42 Å². The highest BCUT2D eigenvalue weighted by Crippen LogP contribution is 2.25. The summed E-state index contributed by atoms with van der Waals surface area (Å²) in [6.07, 6.45) is 4.74. The Morgan fingerprint density at radius 3 is 2.46 bits per heavy atom. The summed E-state index contributed by atoms with van der Waals surface area (Å²) in [4.78, 5) is 32.1. The molecule has 6 nitrogen and oxygen atoms in total. The number of halogens is 2. The summed E-state index contributed by atoms with van der Waals surface area (Å²) in [7, 11) is 0. The number of nitrogens with zero attached hydrogens (tertiary/aromatic N) is 2. The average Bonchev–Trinajstić information content (AvgIpc) is 2.60. The van der Waals surface area contributed by atoms with E-state index in [0.717, 1.165) is 24.8 Å². The maximum atomic E-state index is 12.4. The minimum Gasteiger partial charge on any atom is -0.456 e. The number of hydrogen-bond acceptors (Lipinski definition) is 6. The number of rotatable bonds is 8. The molecule has 0 bridgehead atoms. The van der Waals surface area contributed by atoms with Crippen molar-refractivity contribution in [3.8, 4) is 0 Å². The normalized spacial score (nSPS) is 19.5. The number of esters is 1. The van der Waals surface area contributed by atoms with Crippen LogP contribution in [-0.2, 0) is 20.7 Å². The molecule has 0 aliphatic heterocycles. The van der Waals surface area contributed by atoms with Crippen LogP contribution in [0.3, 0.4) is 0 Å². The SMILES string of the molecule is Cc1nc(SC(F)F)nc(C)c1CCC(=O)OCC(=O)N[C@H]1CCCC[C@H]1C. The standard InChI is InChI=1S/C19H27F2N3O3S/c1-11-6-4-5-7-15(11)24-16(25)10-27-17(26)9-8-14-12(2)22-19(23-13(14)3)28-18(20)21/h11,15,18H,4-10H2,1-3H3,(H,24,25)/t11-,15+/m1/s1. The van der Waals surface area contributed by atoms with Crippen molar-refractivity contribution in [3.63, 3.8) is 0 Å². The van der Waals surface area contributed by atoms with Crippen LogP contribution < -0.4 is 5.32 Å². The summed E-state index contributed by atoms with van der Waals surface area (Å²) >= 11 is 0.294. The summed E-state index contributed by atoms with van der Waals surface area (Å²) in [5.41, 5.74) is 1.86. The van der Waals surface area contributed by atoms with E-state index >= 15 is 0 Å². The topological polar surface area (TPSA) is 81.2 Å². The molecule has 0 unspecified atom stereocenters. The Kier molecular flexibility index (Phi) is 8.59. The molecular formula is C19H27F2N3O3S. The van der Waals surface area contributed by atoms with Gasteiger partial charge < -0.3 is 10.1 Å². The van der Waals surface area contributed by atoms with Gasteiger partial charge in [0.05, 0.1) is 0 Å². The molecule has 1 amide bonds. The van der Waals surface area contributed by atoms with Crippen LogP contribution >= 0.6 is 11.8 Å². The first-order chi connectivity index (χ1) is 13.3. The molecule has 1 N–H and O–H groups in total. The van der Waals surface area contributed by atoms with Crippen LogP contribution in [-0.4, -0.2) is 40.3 Å². The molecule has 0 saturated heterocycles. The molecule has 1 aliphatic rings. The number of alkyl halides is 2. The van der Waals surface area contributed by atoms with Crippen molar-refractivity contribution in [2.24, 2.45) is 5.92 Å². The van der Waals surface area contributed by atoms with Crippen LogP contribution in [0.25, 0.3) is 0 Å². The molecule has 1 aliphatic carbocycles. The molecule has 1 aromatic heterocycles. The zero-order chi connectivity index (χ0) is 20.7. The summed E-state index contributed by atoms with van der Waals surface area (Å²) in [6, 6.07) is 0.145. The Bertz CT molecular complexity index is 680. The molecule has 1 saturated carbocycles. The molecular weight excluding hydrogens is 388 g/mol. The molecule has 9 heteroatoms. The van der Waals surface area contributed by atoms with Crippen molar-refractivity contribution in [1.29, 1.82) is 0 Å². The van der Waals surface area contributed by atoms with Gasteiger partial charge in [-0.05, 0) is 56.4 Å². The van der Waals surface area contributed by atoms with Crippen LogP contribution in [0.5, 0.6) is 0 Å². The monoisotopic (exact) mass is 415 g/mol. The van der Waals surface area contributed by atoms with Gasteiger partial charge in [0.25, 0.3) is 11.7 Å². The fraction of sp³-hybridized carbons (Fsp3) is 0.684. The van der Waals surface area contributed by atoms with Crippen LogP contribution in [0, 0.1) is 19.8 Å². The average molecular weight is 416 g/mol. The largest absolute Gasteiger partial charge is 0.456 e. The second-order valence-electron chi connectivity index (χ2n) is 7.13. The molecule has 1 aromatic rings. The first kappa shape index (κ1) is 22.5. The van der Waals surface area contributed by atoms with Crippen molar-refractivity contribution >= 4 is 23.6 Å². The van der Waals surface area contributed by atoms with Crippen molar-refractivity contribution in [2.45, 2.75) is 76.3 Å². The maximum Gasteiger partial charge on any atom is 0.306 e. The Balaban J connectivity index is 1.78. The zero-order valence-corrected chi connectivity index (χ0v) is 17.3. The van der Waals surface area contributed by atoms with Crippen LogP contribution in [0.15, 0.2) is 5.16 Å². The highest BCUT2D eigenvalue weighted by Gasteiger charge is 2.23. The lowest BCUT2D eigenvalue weighted by Gasteiger charge is -2.29. The van der Waals surface area contributed by atoms with E-state index in [4.69, 9.17) is 4.74 Å². The quantitative estimate of drug-likeness (QED) is 0.397. The number of ether oxygens (including phenoxy) is 1. The smallest absolute Gasteiger partial charge is 0.306 e. The number of nitrogens with one attached hydrogen (secondary N) is 1. The number of thioether (sulfide) groups is 1. The number of carbonyl (C=O) groups excluding carboxylic acids is 2. The molecule has 156 valence electrons. The van der Waals surface area contributed by atoms with E-state index in [1.54, 1.807) is 13.8 Å². The van der Waals surface area contributed by atoms with E-state index in [2.05, 4.69) is 22.2 Å². The van der Waals surface area contributed by atoms with Gasteiger partial charge in [0.2, 0.25) is 0 Å². The van der Waals surface area contributed by atoms with Crippen LogP contribution in [0.2, 0.25) is 0 Å². The molecule has 1 fully saturated rings. The first-order valence-electron chi connectivity index (χ1n) is 9.50. The van der Waals surface area contributed by atoms with Gasteiger partial charge >= 0.3 is 5.97 Å². The van der Waals surface area contributed by atoms with E-state index in [9.17, 15) is 18.4 Å². The number of carbonyl (C=O) groups is 2. The van der Waals surface area contributed by atoms with Gasteiger partial charge in [0.15, 0.2) is 11.8 Å². The van der Waals surface area contributed by atoms with Gasteiger partial charge in [-0.15, -0.1) is 0 Å². The molecule has 2 rings (SSSR count). The van der Waals surface area contributed by atoms with E-state index in [-0.39, 0.29) is 30.1 Å². The van der Waals surface area contributed by atoms with Gasteiger partial charge in [0.1, 0.15) is 0 Å². The zero-order valence-electron chi connectivity index (χ0n) is 16.5. The van der Waals surface area contributed by atoms with Gasteiger partial charge in [-0.25, -0.2) is 9.97 Å².